The molecule has 4 aliphatic rings. The van der Waals surface area contributed by atoms with E-state index in [1.165, 1.54) is 17.5 Å². The predicted octanol–water partition coefficient (Wildman–Crippen LogP) is 2.09. The zero-order valence-corrected chi connectivity index (χ0v) is 19.5. The fraction of sp³-hybridized carbons (Fsp3) is 0.545. The average molecular weight is 456 g/mol. The van der Waals surface area contributed by atoms with Gasteiger partial charge in [0.15, 0.2) is 5.84 Å². The number of aryl methyl sites for hydroxylation is 1. The average Bonchev–Trinajstić information content (AvgIpc) is 3.03. The van der Waals surface area contributed by atoms with Crippen molar-refractivity contribution in [2.45, 2.75) is 51.7 Å². The lowest BCUT2D eigenvalue weighted by Crippen LogP contribution is -2.42. The summed E-state index contributed by atoms with van der Waals surface area (Å²) in [6, 6.07) is 0.683. The molecule has 0 radical (unpaired) electrons. The van der Waals surface area contributed by atoms with Gasteiger partial charge in [-0.1, -0.05) is 0 Å². The van der Waals surface area contributed by atoms with Gasteiger partial charge in [-0.2, -0.15) is 19.7 Å². The number of amidine groups is 1. The molecule has 1 aromatic heterocycles. The molecule has 10 heteroatoms. The van der Waals surface area contributed by atoms with E-state index in [0.717, 1.165) is 77.8 Å². The van der Waals surface area contributed by atoms with Crippen molar-refractivity contribution in [1.29, 1.82) is 0 Å². The van der Waals surface area contributed by atoms with Gasteiger partial charge >= 0.3 is 0 Å². The summed E-state index contributed by atoms with van der Waals surface area (Å²) in [6.07, 6.45) is 4.72. The molecular weight excluding hydrogens is 426 g/mol. The zero-order valence-electron chi connectivity index (χ0n) is 18.7. The number of hydrogen-bond acceptors (Lipinski definition) is 10. The highest BCUT2D eigenvalue weighted by Crippen LogP contribution is 2.35. The van der Waals surface area contributed by atoms with Crippen LogP contribution in [0.25, 0.3) is 0 Å². The van der Waals surface area contributed by atoms with Crippen molar-refractivity contribution in [3.05, 3.63) is 34.2 Å². The zero-order chi connectivity index (χ0) is 22.2. The van der Waals surface area contributed by atoms with Gasteiger partial charge in [-0.05, 0) is 44.2 Å². The van der Waals surface area contributed by atoms with Crippen LogP contribution in [0.1, 0.15) is 36.1 Å². The van der Waals surface area contributed by atoms with E-state index in [-0.39, 0.29) is 6.04 Å². The van der Waals surface area contributed by atoms with Crippen LogP contribution >= 0.6 is 11.9 Å². The van der Waals surface area contributed by atoms with Gasteiger partial charge < -0.3 is 20.5 Å². The van der Waals surface area contributed by atoms with Crippen LogP contribution in [0.5, 0.6) is 5.75 Å². The van der Waals surface area contributed by atoms with Gasteiger partial charge in [-0.25, -0.2) is 0 Å². The minimum Gasteiger partial charge on any atom is -0.496 e. The number of aromatic nitrogens is 1. The Morgan fingerprint density at radius 3 is 2.88 bits per heavy atom. The van der Waals surface area contributed by atoms with Gasteiger partial charge in [0.25, 0.3) is 0 Å². The molecule has 4 heterocycles. The van der Waals surface area contributed by atoms with E-state index in [0.29, 0.717) is 18.4 Å². The van der Waals surface area contributed by atoms with Gasteiger partial charge in [-0.15, -0.1) is 0 Å². The summed E-state index contributed by atoms with van der Waals surface area (Å²) in [6.45, 7) is 6.08. The Kier molecular flexibility index (Phi) is 5.92. The monoisotopic (exact) mass is 455 g/mol. The molecule has 32 heavy (non-hydrogen) atoms. The maximum absolute atomic E-state index is 6.33. The Morgan fingerprint density at radius 1 is 1.28 bits per heavy atom. The molecule has 1 saturated heterocycles. The standard InChI is InChI=1S/C22H29N7O2S/c1-12-9-24-18(13(2)21(12)30-3)10-29-26-17-8-16(25-14-4-6-31-7-5-14)15-11-32-28-22(23)20(27-29)19(15)17/h9,14,16,25H,4-8,10-11H2,1-3H3,(H2,23,28). The summed E-state index contributed by atoms with van der Waals surface area (Å²) in [5, 5.41) is 15.2. The first-order valence-corrected chi connectivity index (χ1v) is 12.0. The van der Waals surface area contributed by atoms with E-state index in [1.807, 2.05) is 20.0 Å². The van der Waals surface area contributed by atoms with Crippen LogP contribution in [-0.2, 0) is 11.3 Å². The molecule has 0 amide bonds. The molecule has 170 valence electrons. The van der Waals surface area contributed by atoms with Gasteiger partial charge in [-0.3, -0.25) is 4.98 Å². The predicted molar refractivity (Wildman–Crippen MR) is 127 cm³/mol. The SMILES string of the molecule is COc1c(C)cnc(CN2N=C3CC(NC4CCOCC4)C4=C3C(=N2)C(N)=NSC4)c1C. The normalized spacial score (nSPS) is 23.4. The molecule has 1 fully saturated rings. The number of methoxy groups -OCH3 is 1. The first kappa shape index (κ1) is 21.4. The molecule has 9 nitrogen and oxygen atoms in total. The summed E-state index contributed by atoms with van der Waals surface area (Å²) in [5.74, 6) is 2.10. The smallest absolute Gasteiger partial charge is 0.160 e. The van der Waals surface area contributed by atoms with Crippen molar-refractivity contribution in [3.63, 3.8) is 0 Å². The molecule has 0 saturated carbocycles. The number of hydrogen-bond donors (Lipinski definition) is 2. The van der Waals surface area contributed by atoms with E-state index in [2.05, 4.69) is 14.7 Å². The van der Waals surface area contributed by atoms with Crippen molar-refractivity contribution in [3.8, 4) is 5.75 Å². The van der Waals surface area contributed by atoms with E-state index in [9.17, 15) is 0 Å². The lowest BCUT2D eigenvalue weighted by molar-refractivity contribution is 0.0763. The van der Waals surface area contributed by atoms with Crippen LogP contribution in [0, 0.1) is 13.8 Å². The summed E-state index contributed by atoms with van der Waals surface area (Å²) >= 11 is 1.49. The number of nitrogens with one attached hydrogen (secondary N) is 1. The number of nitrogens with zero attached hydrogens (tertiary/aromatic N) is 5. The van der Waals surface area contributed by atoms with Gasteiger partial charge in [0.2, 0.25) is 0 Å². The molecule has 0 bridgehead atoms. The minimum atomic E-state index is 0.227. The van der Waals surface area contributed by atoms with Crippen LogP contribution in [0.4, 0.5) is 0 Å². The molecule has 1 aromatic rings. The summed E-state index contributed by atoms with van der Waals surface area (Å²) in [5.41, 5.74) is 13.3. The Bertz CT molecular complexity index is 1040. The van der Waals surface area contributed by atoms with Crippen molar-refractivity contribution in [1.82, 2.24) is 15.4 Å². The lowest BCUT2D eigenvalue weighted by Gasteiger charge is -2.27. The van der Waals surface area contributed by atoms with Crippen molar-refractivity contribution in [2.24, 2.45) is 20.3 Å². The van der Waals surface area contributed by atoms with Gasteiger partial charge in [0, 0.05) is 60.4 Å². The van der Waals surface area contributed by atoms with Crippen LogP contribution in [0.3, 0.4) is 0 Å². The second-order valence-corrected chi connectivity index (χ2v) is 9.26. The highest BCUT2D eigenvalue weighted by atomic mass is 32.2. The summed E-state index contributed by atoms with van der Waals surface area (Å²) < 4.78 is 15.6. The summed E-state index contributed by atoms with van der Waals surface area (Å²) in [4.78, 5) is 4.61. The third-order valence-electron chi connectivity index (χ3n) is 6.44. The quantitative estimate of drug-likeness (QED) is 0.654. The molecule has 5 rings (SSSR count). The second kappa shape index (κ2) is 8.84. The second-order valence-electron chi connectivity index (χ2n) is 8.53. The van der Waals surface area contributed by atoms with Crippen molar-refractivity contribution >= 4 is 29.2 Å². The first-order chi connectivity index (χ1) is 15.5. The topological polar surface area (TPSA) is 110 Å². The first-order valence-electron chi connectivity index (χ1n) is 11.0. The number of rotatable bonds is 5. The minimum absolute atomic E-state index is 0.227. The summed E-state index contributed by atoms with van der Waals surface area (Å²) in [7, 11) is 1.68. The highest BCUT2D eigenvalue weighted by Gasteiger charge is 2.39. The highest BCUT2D eigenvalue weighted by molar-refractivity contribution is 7.98. The molecule has 1 aliphatic carbocycles. The Balaban J connectivity index is 1.45. The largest absolute Gasteiger partial charge is 0.496 e. The number of ether oxygens (including phenoxy) is 2. The third kappa shape index (κ3) is 3.91. The molecule has 3 N–H and O–H groups in total. The maximum Gasteiger partial charge on any atom is 0.160 e. The molecular formula is C22H29N7O2S. The number of nitrogens with two attached hydrogens (primary N) is 1. The molecule has 1 unspecified atom stereocenters. The van der Waals surface area contributed by atoms with Crippen LogP contribution in [0.15, 0.2) is 31.9 Å². The lowest BCUT2D eigenvalue weighted by atomic mass is 10.0. The van der Waals surface area contributed by atoms with E-state index >= 15 is 0 Å². The van der Waals surface area contributed by atoms with E-state index < -0.39 is 0 Å². The van der Waals surface area contributed by atoms with E-state index in [4.69, 9.17) is 25.4 Å². The van der Waals surface area contributed by atoms with Gasteiger partial charge in [0.1, 0.15) is 18.0 Å². The molecule has 0 spiro atoms. The van der Waals surface area contributed by atoms with Gasteiger partial charge in [0.05, 0.1) is 18.5 Å². The maximum atomic E-state index is 6.33. The fourth-order valence-corrected chi connectivity index (χ4v) is 5.57. The fourth-order valence-electron chi connectivity index (χ4n) is 4.79. The molecule has 1 atom stereocenters. The number of pyridine rings is 1. The van der Waals surface area contributed by atoms with Crippen LogP contribution < -0.4 is 15.8 Å². The third-order valence-corrected chi connectivity index (χ3v) is 7.21. The Hall–Kier alpha value is -2.43. The van der Waals surface area contributed by atoms with Crippen molar-refractivity contribution < 1.29 is 9.47 Å². The van der Waals surface area contributed by atoms with Crippen molar-refractivity contribution in [2.75, 3.05) is 26.1 Å². The van der Waals surface area contributed by atoms with Crippen LogP contribution in [0.2, 0.25) is 0 Å². The molecule has 3 aliphatic heterocycles. The number of hydrazone groups is 2. The Morgan fingerprint density at radius 2 is 2.09 bits per heavy atom. The Labute approximate surface area is 192 Å². The van der Waals surface area contributed by atoms with E-state index in [1.54, 1.807) is 12.2 Å². The molecule has 0 aromatic carbocycles. The van der Waals surface area contributed by atoms with Crippen LogP contribution in [-0.4, -0.2) is 65.5 Å².